The maximum atomic E-state index is 13.4. The van der Waals surface area contributed by atoms with Crippen molar-refractivity contribution in [3.63, 3.8) is 0 Å². The predicted molar refractivity (Wildman–Crippen MR) is 75.2 cm³/mol. The Morgan fingerprint density at radius 2 is 2.10 bits per heavy atom. The molecule has 0 fully saturated rings. The van der Waals surface area contributed by atoms with Crippen molar-refractivity contribution in [2.24, 2.45) is 0 Å². The van der Waals surface area contributed by atoms with Crippen molar-refractivity contribution in [2.45, 2.75) is 39.3 Å². The van der Waals surface area contributed by atoms with E-state index in [1.54, 1.807) is 20.0 Å². The number of rotatable bonds is 7. The van der Waals surface area contributed by atoms with E-state index in [1.165, 1.54) is 12.1 Å². The predicted octanol–water partition coefficient (Wildman–Crippen LogP) is 2.83. The van der Waals surface area contributed by atoms with Gasteiger partial charge in [0.15, 0.2) is 6.10 Å². The fraction of sp³-hybridized carbons (Fsp3) is 0.533. The minimum atomic E-state index is -0.723. The van der Waals surface area contributed by atoms with Crippen molar-refractivity contribution in [1.82, 2.24) is 5.32 Å². The zero-order valence-electron chi connectivity index (χ0n) is 12.4. The highest BCUT2D eigenvalue weighted by Gasteiger charge is 2.22. The van der Waals surface area contributed by atoms with Gasteiger partial charge in [0.1, 0.15) is 11.6 Å². The number of hydrogen-bond acceptors (Lipinski definition) is 4. The molecule has 2 atom stereocenters. The number of esters is 1. The summed E-state index contributed by atoms with van der Waals surface area (Å²) in [5, 5.41) is 3.07. The van der Waals surface area contributed by atoms with Crippen molar-refractivity contribution in [3.8, 4) is 5.75 Å². The summed E-state index contributed by atoms with van der Waals surface area (Å²) in [6.07, 6.45) is -0.262. The molecule has 1 aromatic carbocycles. The van der Waals surface area contributed by atoms with Gasteiger partial charge in [0, 0.05) is 17.7 Å². The fourth-order valence-electron chi connectivity index (χ4n) is 1.81. The molecule has 0 aliphatic rings. The summed E-state index contributed by atoms with van der Waals surface area (Å²) in [4.78, 5) is 11.8. The Kier molecular flexibility index (Phi) is 6.45. The van der Waals surface area contributed by atoms with E-state index in [-0.39, 0.29) is 6.04 Å². The van der Waals surface area contributed by atoms with Gasteiger partial charge in [0.25, 0.3) is 0 Å². The molecule has 0 amide bonds. The highest BCUT2D eigenvalue weighted by Crippen LogP contribution is 2.27. The Balaban J connectivity index is 2.99. The quantitative estimate of drug-likeness (QED) is 0.782. The molecule has 0 saturated carbocycles. The molecule has 4 nitrogen and oxygen atoms in total. The number of nitrogens with one attached hydrogen (secondary N) is 1. The summed E-state index contributed by atoms with van der Waals surface area (Å²) in [7, 11) is 1.81. The third-order valence-electron chi connectivity index (χ3n) is 3.06. The van der Waals surface area contributed by atoms with Gasteiger partial charge < -0.3 is 14.8 Å². The fourth-order valence-corrected chi connectivity index (χ4v) is 1.81. The molecule has 20 heavy (non-hydrogen) atoms. The lowest BCUT2D eigenvalue weighted by Crippen LogP contribution is -2.29. The lowest BCUT2D eigenvalue weighted by Gasteiger charge is -2.21. The Bertz CT molecular complexity index is 451. The SMILES string of the molecule is CCOC(=O)C(CC)Oc1cc(F)ccc1C(C)NC. The summed E-state index contributed by atoms with van der Waals surface area (Å²) >= 11 is 0. The molecule has 1 N–H and O–H groups in total. The van der Waals surface area contributed by atoms with Crippen LogP contribution in [0.25, 0.3) is 0 Å². The maximum absolute atomic E-state index is 13.4. The average molecular weight is 283 g/mol. The van der Waals surface area contributed by atoms with Gasteiger partial charge in [-0.15, -0.1) is 0 Å². The summed E-state index contributed by atoms with van der Waals surface area (Å²) < 4.78 is 24.0. The highest BCUT2D eigenvalue weighted by molar-refractivity contribution is 5.75. The number of carbonyl (C=O) groups excluding carboxylic acids is 1. The van der Waals surface area contributed by atoms with Gasteiger partial charge in [-0.2, -0.15) is 0 Å². The van der Waals surface area contributed by atoms with Gasteiger partial charge in [0.2, 0.25) is 0 Å². The average Bonchev–Trinajstić information content (AvgIpc) is 2.44. The van der Waals surface area contributed by atoms with Crippen LogP contribution in [-0.2, 0) is 9.53 Å². The van der Waals surface area contributed by atoms with E-state index in [0.717, 1.165) is 5.56 Å². The van der Waals surface area contributed by atoms with Crippen LogP contribution in [0, 0.1) is 5.82 Å². The minimum Gasteiger partial charge on any atom is -0.478 e. The molecule has 0 spiro atoms. The van der Waals surface area contributed by atoms with Gasteiger partial charge in [0.05, 0.1) is 6.61 Å². The molecule has 2 unspecified atom stereocenters. The van der Waals surface area contributed by atoms with E-state index in [0.29, 0.717) is 18.8 Å². The van der Waals surface area contributed by atoms with Crippen LogP contribution in [0.15, 0.2) is 18.2 Å². The van der Waals surface area contributed by atoms with Crippen LogP contribution < -0.4 is 10.1 Å². The summed E-state index contributed by atoms with van der Waals surface area (Å²) in [6.45, 7) is 5.79. The number of benzene rings is 1. The van der Waals surface area contributed by atoms with Gasteiger partial charge in [-0.3, -0.25) is 0 Å². The highest BCUT2D eigenvalue weighted by atomic mass is 19.1. The smallest absolute Gasteiger partial charge is 0.347 e. The molecule has 0 saturated heterocycles. The lowest BCUT2D eigenvalue weighted by molar-refractivity contribution is -0.151. The van der Waals surface area contributed by atoms with Gasteiger partial charge in [-0.05, 0) is 33.4 Å². The van der Waals surface area contributed by atoms with Crippen molar-refractivity contribution >= 4 is 5.97 Å². The number of halogens is 1. The topological polar surface area (TPSA) is 47.6 Å². The minimum absolute atomic E-state index is 0.00898. The molecule has 5 heteroatoms. The number of ether oxygens (including phenoxy) is 2. The summed E-state index contributed by atoms with van der Waals surface area (Å²) in [5.41, 5.74) is 0.802. The Labute approximate surface area is 119 Å². The first-order chi connectivity index (χ1) is 9.53. The molecule has 1 aromatic rings. The molecule has 0 aliphatic carbocycles. The third-order valence-corrected chi connectivity index (χ3v) is 3.06. The number of carbonyl (C=O) groups is 1. The van der Waals surface area contributed by atoms with Gasteiger partial charge in [-0.1, -0.05) is 13.0 Å². The molecule has 0 aliphatic heterocycles. The standard InChI is InChI=1S/C15H22FNO3/c1-5-13(15(18)19-6-2)20-14-9-11(16)7-8-12(14)10(3)17-4/h7-10,13,17H,5-6H2,1-4H3. The van der Waals surface area contributed by atoms with E-state index in [9.17, 15) is 9.18 Å². The molecular formula is C15H22FNO3. The third kappa shape index (κ3) is 4.20. The molecule has 0 bridgehead atoms. The zero-order chi connectivity index (χ0) is 15.1. The molecule has 0 radical (unpaired) electrons. The summed E-state index contributed by atoms with van der Waals surface area (Å²) in [5.74, 6) is -0.458. The van der Waals surface area contributed by atoms with Crippen molar-refractivity contribution < 1.29 is 18.7 Å². The van der Waals surface area contributed by atoms with Crippen molar-refractivity contribution in [2.75, 3.05) is 13.7 Å². The van der Waals surface area contributed by atoms with E-state index in [4.69, 9.17) is 9.47 Å². The van der Waals surface area contributed by atoms with E-state index in [1.807, 2.05) is 13.8 Å². The largest absolute Gasteiger partial charge is 0.478 e. The van der Waals surface area contributed by atoms with E-state index >= 15 is 0 Å². The van der Waals surface area contributed by atoms with Crippen LogP contribution in [0.5, 0.6) is 5.75 Å². The Morgan fingerprint density at radius 3 is 2.65 bits per heavy atom. The second-order valence-electron chi connectivity index (χ2n) is 4.46. The first-order valence-electron chi connectivity index (χ1n) is 6.83. The van der Waals surface area contributed by atoms with Crippen molar-refractivity contribution in [1.29, 1.82) is 0 Å². The van der Waals surface area contributed by atoms with Crippen LogP contribution in [-0.4, -0.2) is 25.7 Å². The molecule has 112 valence electrons. The van der Waals surface area contributed by atoms with Crippen LogP contribution in [0.1, 0.15) is 38.8 Å². The number of hydrogen-bond donors (Lipinski definition) is 1. The Hall–Kier alpha value is -1.62. The molecule has 0 aromatic heterocycles. The normalized spacial score (nSPS) is 13.7. The van der Waals surface area contributed by atoms with Gasteiger partial charge >= 0.3 is 5.97 Å². The van der Waals surface area contributed by atoms with Crippen LogP contribution in [0.4, 0.5) is 4.39 Å². The molecular weight excluding hydrogens is 261 g/mol. The zero-order valence-corrected chi connectivity index (χ0v) is 12.4. The molecule has 1 rings (SSSR count). The van der Waals surface area contributed by atoms with E-state index in [2.05, 4.69) is 5.32 Å². The first-order valence-corrected chi connectivity index (χ1v) is 6.83. The second kappa shape index (κ2) is 7.85. The van der Waals surface area contributed by atoms with Crippen LogP contribution >= 0.6 is 0 Å². The monoisotopic (exact) mass is 283 g/mol. The summed E-state index contributed by atoms with van der Waals surface area (Å²) in [6, 6.07) is 4.32. The Morgan fingerprint density at radius 1 is 1.40 bits per heavy atom. The second-order valence-corrected chi connectivity index (χ2v) is 4.46. The maximum Gasteiger partial charge on any atom is 0.347 e. The van der Waals surface area contributed by atoms with Crippen LogP contribution in [0.3, 0.4) is 0 Å². The van der Waals surface area contributed by atoms with Crippen LogP contribution in [0.2, 0.25) is 0 Å². The lowest BCUT2D eigenvalue weighted by atomic mass is 10.1. The molecule has 0 heterocycles. The van der Waals surface area contributed by atoms with Crippen molar-refractivity contribution in [3.05, 3.63) is 29.6 Å². The van der Waals surface area contributed by atoms with Gasteiger partial charge in [-0.25, -0.2) is 9.18 Å². The first kappa shape index (κ1) is 16.4. The van der Waals surface area contributed by atoms with E-state index < -0.39 is 17.9 Å².